The minimum Gasteiger partial charge on any atom is -0.497 e. The number of methoxy groups -OCH3 is 2. The number of carbonyl (C=O) groups is 3. The molecule has 3 amide bonds. The molecule has 10 nitrogen and oxygen atoms in total. The number of amides is 3. The van der Waals surface area contributed by atoms with Crippen molar-refractivity contribution in [3.05, 3.63) is 70.2 Å². The van der Waals surface area contributed by atoms with Crippen LogP contribution in [0.4, 0.5) is 11.4 Å². The topological polar surface area (TPSA) is 150 Å². The highest BCUT2D eigenvalue weighted by molar-refractivity contribution is 7.09. The number of nitrogens with zero attached hydrogens (tertiary/aromatic N) is 2. The monoisotopic (exact) mass is 511 g/mol. The van der Waals surface area contributed by atoms with E-state index in [9.17, 15) is 14.4 Å². The quantitative estimate of drug-likeness (QED) is 0.335. The smallest absolute Gasteiger partial charge is 0.273 e. The molecular weight excluding hydrogens is 482 g/mol. The van der Waals surface area contributed by atoms with Gasteiger partial charge in [0.25, 0.3) is 11.8 Å². The molecule has 5 N–H and O–H groups in total. The summed E-state index contributed by atoms with van der Waals surface area (Å²) in [6.45, 7) is 2.56. The number of rotatable bonds is 11. The Labute approximate surface area is 213 Å². The van der Waals surface area contributed by atoms with E-state index in [-0.39, 0.29) is 22.8 Å². The minimum absolute atomic E-state index is 0.00608. The van der Waals surface area contributed by atoms with E-state index in [4.69, 9.17) is 20.9 Å². The number of aromatic nitrogens is 1. The number of hydrogen-bond donors (Lipinski definition) is 3. The van der Waals surface area contributed by atoms with Gasteiger partial charge >= 0.3 is 0 Å². The van der Waals surface area contributed by atoms with Gasteiger partial charge in [0, 0.05) is 19.3 Å². The molecule has 2 aromatic carbocycles. The number of hydrogen-bond acceptors (Lipinski definition) is 8. The fourth-order valence-corrected chi connectivity index (χ4v) is 4.33. The normalized spacial score (nSPS) is 11.5. The summed E-state index contributed by atoms with van der Waals surface area (Å²) < 4.78 is 14.3. The maximum absolute atomic E-state index is 14.0. The fourth-order valence-electron chi connectivity index (χ4n) is 3.59. The summed E-state index contributed by atoms with van der Waals surface area (Å²) in [7, 11) is 3.07. The molecule has 1 aromatic heterocycles. The highest BCUT2D eigenvalue weighted by Gasteiger charge is 2.36. The van der Waals surface area contributed by atoms with Gasteiger partial charge < -0.3 is 26.3 Å². The van der Waals surface area contributed by atoms with Crippen LogP contribution < -0.4 is 26.4 Å². The van der Waals surface area contributed by atoms with Crippen molar-refractivity contribution in [2.75, 3.05) is 38.0 Å². The number of anilines is 2. The predicted molar refractivity (Wildman–Crippen MR) is 138 cm³/mol. The average molecular weight is 512 g/mol. The predicted octanol–water partition coefficient (Wildman–Crippen LogP) is 2.55. The molecule has 1 unspecified atom stereocenters. The van der Waals surface area contributed by atoms with E-state index < -0.39 is 23.8 Å². The summed E-state index contributed by atoms with van der Waals surface area (Å²) in [5.74, 6) is -1.27. The Morgan fingerprint density at radius 1 is 1.08 bits per heavy atom. The molecule has 0 spiro atoms. The van der Waals surface area contributed by atoms with E-state index in [1.165, 1.54) is 19.1 Å². The second kappa shape index (κ2) is 12.1. The number of ether oxygens (including phenoxy) is 2. The summed E-state index contributed by atoms with van der Waals surface area (Å²) >= 11 is 0.756. The third-order valence-corrected chi connectivity index (χ3v) is 6.39. The molecule has 0 bridgehead atoms. The van der Waals surface area contributed by atoms with Crippen LogP contribution in [0.15, 0.2) is 48.5 Å². The highest BCUT2D eigenvalue weighted by atomic mass is 32.1. The molecule has 190 valence electrons. The lowest BCUT2D eigenvalue weighted by atomic mass is 10.0. The third-order valence-electron chi connectivity index (χ3n) is 5.54. The Morgan fingerprint density at radius 3 is 2.28 bits per heavy atom. The molecule has 0 radical (unpaired) electrons. The van der Waals surface area contributed by atoms with Crippen LogP contribution in [0.1, 0.15) is 44.3 Å². The lowest BCUT2D eigenvalue weighted by molar-refractivity contribution is -0.122. The second-order valence-corrected chi connectivity index (χ2v) is 8.57. The van der Waals surface area contributed by atoms with Gasteiger partial charge in [0.2, 0.25) is 5.91 Å². The number of nitrogen functional groups attached to an aromatic ring is 1. The first-order valence-corrected chi connectivity index (χ1v) is 12.0. The molecule has 0 saturated carbocycles. The first-order valence-electron chi connectivity index (χ1n) is 11.2. The molecule has 1 atom stereocenters. The van der Waals surface area contributed by atoms with E-state index in [0.29, 0.717) is 23.6 Å². The maximum atomic E-state index is 14.0. The van der Waals surface area contributed by atoms with Crippen molar-refractivity contribution in [2.45, 2.75) is 19.4 Å². The van der Waals surface area contributed by atoms with Gasteiger partial charge in [0.15, 0.2) is 5.69 Å². The van der Waals surface area contributed by atoms with Crippen molar-refractivity contribution >= 4 is 40.6 Å². The number of benzene rings is 2. The van der Waals surface area contributed by atoms with Gasteiger partial charge in [-0.3, -0.25) is 19.3 Å². The van der Waals surface area contributed by atoms with Crippen LogP contribution in [0, 0.1) is 0 Å². The summed E-state index contributed by atoms with van der Waals surface area (Å²) in [5.41, 5.74) is 13.2. The molecular formula is C25H29N5O5S. The third kappa shape index (κ3) is 5.81. The van der Waals surface area contributed by atoms with Gasteiger partial charge in [-0.05, 0) is 53.3 Å². The molecule has 3 rings (SSSR count). The van der Waals surface area contributed by atoms with Crippen LogP contribution in [-0.4, -0.2) is 49.5 Å². The first kappa shape index (κ1) is 26.6. The molecule has 1 heterocycles. The number of carbonyl (C=O) groups excluding carboxylic acids is 3. The molecule has 0 saturated heterocycles. The molecule has 0 aliphatic carbocycles. The van der Waals surface area contributed by atoms with Gasteiger partial charge in [-0.15, -0.1) is 0 Å². The van der Waals surface area contributed by atoms with Crippen molar-refractivity contribution in [1.82, 2.24) is 9.69 Å². The lowest BCUT2D eigenvalue weighted by Gasteiger charge is -2.31. The Balaban J connectivity index is 2.17. The van der Waals surface area contributed by atoms with Gasteiger partial charge in [-0.25, -0.2) is 0 Å². The summed E-state index contributed by atoms with van der Waals surface area (Å²) in [5, 5.41) is 2.82. The number of nitrogens with two attached hydrogens (primary N) is 2. The van der Waals surface area contributed by atoms with Crippen LogP contribution in [-0.2, 0) is 16.0 Å². The van der Waals surface area contributed by atoms with E-state index >= 15 is 0 Å². The van der Waals surface area contributed by atoms with Gasteiger partial charge in [-0.2, -0.15) is 4.37 Å². The lowest BCUT2D eigenvalue weighted by Crippen LogP contribution is -2.44. The van der Waals surface area contributed by atoms with Crippen molar-refractivity contribution in [1.29, 1.82) is 0 Å². The summed E-state index contributed by atoms with van der Waals surface area (Å²) in [6, 6.07) is 13.1. The standard InChI is InChI=1S/C25H29N5O5S/c1-4-15-5-9-17(10-6-15)30(25(33)22-19(26)20(23(27)31)29-36-22)21(24(32)28-13-14-34-2)16-7-11-18(35-3)12-8-16/h5-12,21H,4,13-14,26H2,1-3H3,(H2,27,31)(H,28,32). The Kier molecular flexibility index (Phi) is 8.98. The van der Waals surface area contributed by atoms with Crippen molar-refractivity contribution in [2.24, 2.45) is 5.73 Å². The largest absolute Gasteiger partial charge is 0.497 e. The Morgan fingerprint density at radius 2 is 1.75 bits per heavy atom. The van der Waals surface area contributed by atoms with Gasteiger partial charge in [0.05, 0.1) is 19.4 Å². The van der Waals surface area contributed by atoms with Crippen LogP contribution in [0.2, 0.25) is 0 Å². The van der Waals surface area contributed by atoms with Crippen LogP contribution in [0.3, 0.4) is 0 Å². The second-order valence-electron chi connectivity index (χ2n) is 7.79. The molecule has 36 heavy (non-hydrogen) atoms. The number of aryl methyl sites for hydroxylation is 1. The highest BCUT2D eigenvalue weighted by Crippen LogP contribution is 2.34. The molecule has 0 aliphatic heterocycles. The van der Waals surface area contributed by atoms with Crippen molar-refractivity contribution in [3.8, 4) is 5.75 Å². The van der Waals surface area contributed by atoms with Crippen molar-refractivity contribution in [3.63, 3.8) is 0 Å². The van der Waals surface area contributed by atoms with Crippen LogP contribution in [0.5, 0.6) is 5.75 Å². The van der Waals surface area contributed by atoms with E-state index in [0.717, 1.165) is 23.5 Å². The zero-order valence-electron chi connectivity index (χ0n) is 20.3. The fraction of sp³-hybridized carbons (Fsp3) is 0.280. The number of primary amides is 1. The van der Waals surface area contributed by atoms with Crippen LogP contribution in [0.25, 0.3) is 0 Å². The van der Waals surface area contributed by atoms with Gasteiger partial charge in [0.1, 0.15) is 16.7 Å². The van der Waals surface area contributed by atoms with E-state index in [1.807, 2.05) is 19.1 Å². The Bertz CT molecular complexity index is 1210. The zero-order valence-corrected chi connectivity index (χ0v) is 21.1. The van der Waals surface area contributed by atoms with Crippen LogP contribution >= 0.6 is 11.5 Å². The molecule has 0 aliphatic rings. The zero-order chi connectivity index (χ0) is 26.2. The molecule has 3 aromatic rings. The summed E-state index contributed by atoms with van der Waals surface area (Å²) in [4.78, 5) is 40.6. The van der Waals surface area contributed by atoms with E-state index in [2.05, 4.69) is 9.69 Å². The molecule has 0 fully saturated rings. The first-order chi connectivity index (χ1) is 17.3. The maximum Gasteiger partial charge on any atom is 0.273 e. The minimum atomic E-state index is -1.08. The SMILES string of the molecule is CCc1ccc(N(C(=O)c2snc(C(N)=O)c2N)C(C(=O)NCCOC)c2ccc(OC)cc2)cc1. The average Bonchev–Trinajstić information content (AvgIpc) is 3.28. The van der Waals surface area contributed by atoms with E-state index in [1.54, 1.807) is 36.4 Å². The Hall–Kier alpha value is -3.96. The van der Waals surface area contributed by atoms with Gasteiger partial charge in [-0.1, -0.05) is 31.2 Å². The van der Waals surface area contributed by atoms with Crippen molar-refractivity contribution < 1.29 is 23.9 Å². The number of nitrogens with one attached hydrogen (secondary N) is 1. The molecule has 11 heteroatoms. The summed E-state index contributed by atoms with van der Waals surface area (Å²) in [6.07, 6.45) is 0.803.